The number of nitrogens with zero attached hydrogens (tertiary/aromatic N) is 7. The lowest BCUT2D eigenvalue weighted by Gasteiger charge is -2.46. The topological polar surface area (TPSA) is 77.8 Å². The highest BCUT2D eigenvalue weighted by molar-refractivity contribution is 6.33. The number of benzene rings is 1. The average Bonchev–Trinajstić information content (AvgIpc) is 2.93. The lowest BCUT2D eigenvalue weighted by molar-refractivity contribution is -0.130. The molecule has 2 aliphatic heterocycles. The van der Waals surface area contributed by atoms with Crippen LogP contribution in [0.3, 0.4) is 0 Å². The molecule has 214 valence electrons. The molecule has 1 saturated heterocycles. The normalized spacial score (nSPS) is 18.9. The minimum atomic E-state index is -0.803. The van der Waals surface area contributed by atoms with Crippen molar-refractivity contribution in [1.82, 2.24) is 24.8 Å². The van der Waals surface area contributed by atoms with Gasteiger partial charge in [-0.25, -0.2) is 24.3 Å². The van der Waals surface area contributed by atoms with Crippen molar-refractivity contribution in [3.63, 3.8) is 0 Å². The molecule has 0 N–H and O–H groups in total. The number of anilines is 2. The van der Waals surface area contributed by atoms with E-state index in [0.717, 1.165) is 0 Å². The van der Waals surface area contributed by atoms with Gasteiger partial charge in [0.25, 0.3) is 0 Å². The molecule has 0 bridgehead atoms. The summed E-state index contributed by atoms with van der Waals surface area (Å²) in [6.07, 6.45) is 0.527. The highest BCUT2D eigenvalue weighted by atomic mass is 35.5. The Balaban J connectivity index is 1.69. The second-order valence-electron chi connectivity index (χ2n) is 10.7. The number of carbonyl (C=O) groups excluding carboxylic acids is 1. The summed E-state index contributed by atoms with van der Waals surface area (Å²) in [5.74, 6) is 0.468. The van der Waals surface area contributed by atoms with Gasteiger partial charge in [0.15, 0.2) is 0 Å². The maximum Gasteiger partial charge on any atom is 0.309 e. The summed E-state index contributed by atoms with van der Waals surface area (Å²) in [5.41, 5.74) is 2.74. The molecular weight excluding hydrogens is 548 g/mol. The molecule has 2 atom stereocenters. The first kappa shape index (κ1) is 28.6. The molecule has 0 radical (unpaired) electrons. The van der Waals surface area contributed by atoms with Crippen molar-refractivity contribution >= 4 is 34.8 Å². The Morgan fingerprint density at radius 3 is 2.51 bits per heavy atom. The van der Waals surface area contributed by atoms with Crippen LogP contribution in [0.15, 0.2) is 48.0 Å². The lowest BCUT2D eigenvalue weighted by atomic mass is 10.0. The standard InChI is InChI=1S/C30H32ClF2N7O/c1-7-24(41)38-13-18(5)39(14-17(38)4)28-21-12-22(31)26(20-10-8-9-11-23(20)32)36-29(21)40(15-34-28)27-19(6)35-30(33)37-25(27)16(2)3/h7-12,16-18H,1,13-15H2,2-6H3/t17-,18+/m1/s1. The Labute approximate surface area is 243 Å². The second kappa shape index (κ2) is 11.2. The SMILES string of the molecule is C=CC(=O)N1C[C@H](C)N(C2=NCN(c3c(C)nc(F)nc3C(C)C)c3nc(-c4ccccc4F)c(Cl)cc32)C[C@H]1C. The van der Waals surface area contributed by atoms with Gasteiger partial charge in [-0.1, -0.05) is 44.2 Å². The van der Waals surface area contributed by atoms with E-state index in [1.807, 2.05) is 32.6 Å². The summed E-state index contributed by atoms with van der Waals surface area (Å²) in [7, 11) is 0. The summed E-state index contributed by atoms with van der Waals surface area (Å²) in [4.78, 5) is 36.3. The molecule has 11 heteroatoms. The number of aliphatic imine (C=N–C) groups is 1. The molecule has 0 aliphatic carbocycles. The smallest absolute Gasteiger partial charge is 0.309 e. The number of rotatable bonds is 4. The number of piperazine rings is 1. The fourth-order valence-electron chi connectivity index (χ4n) is 5.54. The van der Waals surface area contributed by atoms with Crippen LogP contribution < -0.4 is 4.90 Å². The third kappa shape index (κ3) is 5.16. The van der Waals surface area contributed by atoms with Crippen LogP contribution in [0.1, 0.15) is 50.6 Å². The first-order valence-corrected chi connectivity index (χ1v) is 13.9. The number of aryl methyl sites for hydroxylation is 1. The quantitative estimate of drug-likeness (QED) is 0.284. The highest BCUT2D eigenvalue weighted by Gasteiger charge is 2.37. The predicted octanol–water partition coefficient (Wildman–Crippen LogP) is 5.87. The Hall–Kier alpha value is -3.92. The number of aromatic nitrogens is 3. The summed E-state index contributed by atoms with van der Waals surface area (Å²) >= 11 is 6.79. The van der Waals surface area contributed by atoms with Crippen LogP contribution in [0.5, 0.6) is 0 Å². The van der Waals surface area contributed by atoms with Gasteiger partial charge in [-0.05, 0) is 51.0 Å². The Morgan fingerprint density at radius 2 is 1.83 bits per heavy atom. The molecule has 2 aliphatic rings. The van der Waals surface area contributed by atoms with E-state index in [1.165, 1.54) is 12.1 Å². The third-order valence-corrected chi connectivity index (χ3v) is 7.82. The maximum absolute atomic E-state index is 14.9. The summed E-state index contributed by atoms with van der Waals surface area (Å²) in [5, 5.41) is 0.265. The number of carbonyl (C=O) groups is 1. The molecule has 41 heavy (non-hydrogen) atoms. The van der Waals surface area contributed by atoms with E-state index in [0.29, 0.717) is 47.4 Å². The molecule has 1 aromatic carbocycles. The monoisotopic (exact) mass is 579 g/mol. The van der Waals surface area contributed by atoms with Gasteiger partial charge in [-0.15, -0.1) is 0 Å². The summed E-state index contributed by atoms with van der Waals surface area (Å²) < 4.78 is 29.3. The van der Waals surface area contributed by atoms with Crippen LogP contribution >= 0.6 is 11.6 Å². The Bertz CT molecular complexity index is 1560. The van der Waals surface area contributed by atoms with Gasteiger partial charge >= 0.3 is 6.08 Å². The van der Waals surface area contributed by atoms with Gasteiger partial charge in [0.2, 0.25) is 5.91 Å². The van der Waals surface area contributed by atoms with Crippen LogP contribution in [0.2, 0.25) is 5.02 Å². The van der Waals surface area contributed by atoms with Gasteiger partial charge < -0.3 is 14.7 Å². The highest BCUT2D eigenvalue weighted by Crippen LogP contribution is 2.41. The zero-order chi connectivity index (χ0) is 29.6. The van der Waals surface area contributed by atoms with E-state index in [4.69, 9.17) is 21.6 Å². The molecule has 3 aromatic rings. The van der Waals surface area contributed by atoms with Gasteiger partial charge in [-0.3, -0.25) is 4.79 Å². The fraction of sp³-hybridized carbons (Fsp3) is 0.367. The lowest BCUT2D eigenvalue weighted by Crippen LogP contribution is -2.59. The first-order valence-electron chi connectivity index (χ1n) is 13.5. The molecule has 1 amide bonds. The van der Waals surface area contributed by atoms with Crippen molar-refractivity contribution in [3.05, 3.63) is 76.9 Å². The van der Waals surface area contributed by atoms with Crippen molar-refractivity contribution in [1.29, 1.82) is 0 Å². The van der Waals surface area contributed by atoms with E-state index in [9.17, 15) is 13.6 Å². The Kier molecular flexibility index (Phi) is 7.78. The van der Waals surface area contributed by atoms with E-state index in [1.54, 1.807) is 36.1 Å². The average molecular weight is 580 g/mol. The fourth-order valence-corrected chi connectivity index (χ4v) is 5.79. The van der Waals surface area contributed by atoms with E-state index in [2.05, 4.69) is 21.4 Å². The van der Waals surface area contributed by atoms with E-state index in [-0.39, 0.29) is 46.9 Å². The zero-order valence-corrected chi connectivity index (χ0v) is 24.5. The van der Waals surface area contributed by atoms with Crippen LogP contribution in [-0.2, 0) is 4.79 Å². The minimum Gasteiger partial charge on any atom is -0.350 e. The van der Waals surface area contributed by atoms with Crippen molar-refractivity contribution in [2.75, 3.05) is 24.7 Å². The largest absolute Gasteiger partial charge is 0.350 e. The van der Waals surface area contributed by atoms with E-state index < -0.39 is 11.9 Å². The van der Waals surface area contributed by atoms with Crippen LogP contribution in [0.4, 0.5) is 20.3 Å². The number of amidine groups is 1. The number of fused-ring (bicyclic) bond motifs is 1. The van der Waals surface area contributed by atoms with Gasteiger partial charge in [0.1, 0.15) is 24.1 Å². The number of hydrogen-bond donors (Lipinski definition) is 0. The molecule has 0 saturated carbocycles. The zero-order valence-electron chi connectivity index (χ0n) is 23.7. The molecule has 8 nitrogen and oxygen atoms in total. The van der Waals surface area contributed by atoms with Crippen molar-refractivity contribution < 1.29 is 13.6 Å². The minimum absolute atomic E-state index is 0.0691. The number of hydrogen-bond acceptors (Lipinski definition) is 7. The number of amides is 1. The maximum atomic E-state index is 14.9. The van der Waals surface area contributed by atoms with Crippen LogP contribution in [0, 0.1) is 18.8 Å². The molecule has 0 unspecified atom stereocenters. The Morgan fingerprint density at radius 1 is 1.10 bits per heavy atom. The van der Waals surface area contributed by atoms with Crippen LogP contribution in [-0.4, -0.2) is 68.3 Å². The molecule has 0 spiro atoms. The van der Waals surface area contributed by atoms with Crippen molar-refractivity contribution in [2.24, 2.45) is 4.99 Å². The van der Waals surface area contributed by atoms with Gasteiger partial charge in [0, 0.05) is 30.7 Å². The third-order valence-electron chi connectivity index (χ3n) is 7.53. The first-order chi connectivity index (χ1) is 19.5. The van der Waals surface area contributed by atoms with Crippen molar-refractivity contribution in [2.45, 2.75) is 52.6 Å². The number of halogens is 3. The van der Waals surface area contributed by atoms with Crippen molar-refractivity contribution in [3.8, 4) is 11.3 Å². The summed E-state index contributed by atoms with van der Waals surface area (Å²) in [6, 6.07) is 7.91. The van der Waals surface area contributed by atoms with Crippen LogP contribution in [0.25, 0.3) is 11.3 Å². The molecule has 2 aromatic heterocycles. The van der Waals surface area contributed by atoms with Gasteiger partial charge in [-0.2, -0.15) is 4.39 Å². The molecule has 5 rings (SSSR count). The van der Waals surface area contributed by atoms with Gasteiger partial charge in [0.05, 0.1) is 33.4 Å². The molecule has 1 fully saturated rings. The molecule has 4 heterocycles. The molecular formula is C30H32ClF2N7O. The second-order valence-corrected chi connectivity index (χ2v) is 11.1. The number of pyridine rings is 1. The predicted molar refractivity (Wildman–Crippen MR) is 157 cm³/mol. The summed E-state index contributed by atoms with van der Waals surface area (Å²) in [6.45, 7) is 14.4. The van der Waals surface area contributed by atoms with E-state index >= 15 is 0 Å².